The molecule has 1 N–H and O–H groups in total. The van der Waals surface area contributed by atoms with Crippen LogP contribution in [0.2, 0.25) is 0 Å². The van der Waals surface area contributed by atoms with Crippen LogP contribution < -0.4 is 5.32 Å². The minimum atomic E-state index is -0.228. The van der Waals surface area contributed by atoms with Gasteiger partial charge < -0.3 is 5.32 Å². The summed E-state index contributed by atoms with van der Waals surface area (Å²) in [5.74, 6) is -0.228. The summed E-state index contributed by atoms with van der Waals surface area (Å²) >= 11 is 3.29. The van der Waals surface area contributed by atoms with E-state index >= 15 is 0 Å². The predicted molar refractivity (Wildman–Crippen MR) is 62.0 cm³/mol. The highest BCUT2D eigenvalue weighted by Gasteiger charge is 1.99. The maximum Gasteiger partial charge on any atom is 0.124 e. The van der Waals surface area contributed by atoms with Crippen molar-refractivity contribution in [2.45, 2.75) is 12.8 Å². The maximum absolute atomic E-state index is 12.7. The minimum absolute atomic E-state index is 0.228. The maximum atomic E-state index is 12.7. The van der Waals surface area contributed by atoms with Crippen molar-refractivity contribution in [1.29, 1.82) is 0 Å². The fraction of sp³-hybridized carbons (Fsp3) is 0.273. The summed E-state index contributed by atoms with van der Waals surface area (Å²) in [5.41, 5.74) is 0.926. The number of halogens is 2. The van der Waals surface area contributed by atoms with E-state index in [-0.39, 0.29) is 5.82 Å². The van der Waals surface area contributed by atoms with Crippen molar-refractivity contribution < 1.29 is 4.39 Å². The lowest BCUT2D eigenvalue weighted by molar-refractivity contribution is 0.627. The molecule has 0 unspecified atom stereocenters. The Balaban J connectivity index is 2.46. The Hall–Kier alpha value is -0.830. The predicted octanol–water partition coefficient (Wildman–Crippen LogP) is 3.97. The number of hydrogen-bond donors (Lipinski definition) is 1. The average Bonchev–Trinajstić information content (AvgIpc) is 2.15. The Kier molecular flexibility index (Phi) is 4.66. The molecule has 0 saturated carbocycles. The van der Waals surface area contributed by atoms with E-state index in [9.17, 15) is 4.39 Å². The van der Waals surface area contributed by atoms with Gasteiger partial charge in [-0.2, -0.15) is 0 Å². The van der Waals surface area contributed by atoms with Crippen LogP contribution in [-0.4, -0.2) is 6.54 Å². The third-order valence-corrected chi connectivity index (χ3v) is 2.49. The van der Waals surface area contributed by atoms with Gasteiger partial charge in [-0.1, -0.05) is 6.08 Å². The second-order valence-corrected chi connectivity index (χ2v) is 3.84. The Morgan fingerprint density at radius 1 is 1.50 bits per heavy atom. The van der Waals surface area contributed by atoms with Gasteiger partial charge in [0.15, 0.2) is 0 Å². The molecule has 0 atom stereocenters. The van der Waals surface area contributed by atoms with Crippen molar-refractivity contribution in [1.82, 2.24) is 0 Å². The average molecular weight is 258 g/mol. The molecule has 14 heavy (non-hydrogen) atoms. The van der Waals surface area contributed by atoms with Crippen molar-refractivity contribution >= 4 is 21.6 Å². The van der Waals surface area contributed by atoms with E-state index in [2.05, 4.69) is 27.8 Å². The summed E-state index contributed by atoms with van der Waals surface area (Å²) in [4.78, 5) is 0. The largest absolute Gasteiger partial charge is 0.384 e. The number of anilines is 1. The van der Waals surface area contributed by atoms with Crippen LogP contribution in [0.15, 0.2) is 35.3 Å². The molecular weight excluding hydrogens is 245 g/mol. The van der Waals surface area contributed by atoms with E-state index in [1.165, 1.54) is 12.1 Å². The van der Waals surface area contributed by atoms with E-state index < -0.39 is 0 Å². The number of rotatable bonds is 5. The van der Waals surface area contributed by atoms with Crippen molar-refractivity contribution in [3.63, 3.8) is 0 Å². The fourth-order valence-corrected chi connectivity index (χ4v) is 1.59. The summed E-state index contributed by atoms with van der Waals surface area (Å²) in [6, 6.07) is 4.63. The van der Waals surface area contributed by atoms with Crippen molar-refractivity contribution in [2.24, 2.45) is 0 Å². The Labute approximate surface area is 92.1 Å². The zero-order valence-electron chi connectivity index (χ0n) is 7.89. The van der Waals surface area contributed by atoms with Gasteiger partial charge in [-0.3, -0.25) is 0 Å². The number of hydrogen-bond acceptors (Lipinski definition) is 1. The molecule has 3 heteroatoms. The summed E-state index contributed by atoms with van der Waals surface area (Å²) in [6.07, 6.45) is 3.92. The standard InChI is InChI=1S/C11H13BrFN/c1-2-3-4-7-14-11-6-5-9(13)8-10(11)12/h2,5-6,8,14H,1,3-4,7H2. The lowest BCUT2D eigenvalue weighted by atomic mass is 10.3. The molecule has 0 amide bonds. The molecule has 0 fully saturated rings. The monoisotopic (exact) mass is 257 g/mol. The third kappa shape index (κ3) is 3.50. The van der Waals surface area contributed by atoms with Gasteiger partial charge in [0.05, 0.1) is 0 Å². The lowest BCUT2D eigenvalue weighted by Crippen LogP contribution is -2.01. The van der Waals surface area contributed by atoms with Crippen molar-refractivity contribution in [3.8, 4) is 0 Å². The molecule has 1 rings (SSSR count). The molecule has 0 bridgehead atoms. The van der Waals surface area contributed by atoms with Crippen LogP contribution in [0, 0.1) is 5.82 Å². The van der Waals surface area contributed by atoms with Gasteiger partial charge in [-0.15, -0.1) is 6.58 Å². The topological polar surface area (TPSA) is 12.0 Å². The first-order valence-electron chi connectivity index (χ1n) is 4.54. The molecule has 0 saturated heterocycles. The highest BCUT2D eigenvalue weighted by molar-refractivity contribution is 9.10. The summed E-state index contributed by atoms with van der Waals surface area (Å²) in [7, 11) is 0. The SMILES string of the molecule is C=CCCCNc1ccc(F)cc1Br. The first-order valence-corrected chi connectivity index (χ1v) is 5.33. The van der Waals surface area contributed by atoms with Gasteiger partial charge in [-0.25, -0.2) is 4.39 Å². The van der Waals surface area contributed by atoms with E-state index in [0.717, 1.165) is 29.5 Å². The Morgan fingerprint density at radius 2 is 2.29 bits per heavy atom. The fourth-order valence-electron chi connectivity index (χ4n) is 1.10. The number of unbranched alkanes of at least 4 members (excludes halogenated alkanes) is 1. The molecule has 76 valence electrons. The van der Waals surface area contributed by atoms with Crippen LogP contribution in [0.1, 0.15) is 12.8 Å². The van der Waals surface area contributed by atoms with Gasteiger partial charge in [0.2, 0.25) is 0 Å². The highest BCUT2D eigenvalue weighted by atomic mass is 79.9. The molecule has 1 aromatic carbocycles. The normalized spacial score (nSPS) is 9.86. The molecular formula is C11H13BrFN. The molecule has 1 nitrogen and oxygen atoms in total. The minimum Gasteiger partial charge on any atom is -0.384 e. The number of nitrogens with one attached hydrogen (secondary N) is 1. The zero-order valence-corrected chi connectivity index (χ0v) is 9.48. The van der Waals surface area contributed by atoms with Gasteiger partial charge >= 0.3 is 0 Å². The van der Waals surface area contributed by atoms with E-state index in [1.807, 2.05) is 6.08 Å². The summed E-state index contributed by atoms with van der Waals surface area (Å²) in [6.45, 7) is 4.52. The molecule has 0 heterocycles. The second-order valence-electron chi connectivity index (χ2n) is 2.98. The van der Waals surface area contributed by atoms with Gasteiger partial charge in [0.1, 0.15) is 5.82 Å². The van der Waals surface area contributed by atoms with Gasteiger partial charge in [0.25, 0.3) is 0 Å². The molecule has 0 aliphatic carbocycles. The van der Waals surface area contributed by atoms with Gasteiger partial charge in [-0.05, 0) is 47.0 Å². The van der Waals surface area contributed by atoms with E-state index in [4.69, 9.17) is 0 Å². The second kappa shape index (κ2) is 5.81. The molecule has 0 aliphatic heterocycles. The smallest absolute Gasteiger partial charge is 0.124 e. The van der Waals surface area contributed by atoms with Crippen LogP contribution in [0.25, 0.3) is 0 Å². The van der Waals surface area contributed by atoms with Crippen LogP contribution in [0.4, 0.5) is 10.1 Å². The van der Waals surface area contributed by atoms with Crippen LogP contribution in [0.3, 0.4) is 0 Å². The highest BCUT2D eigenvalue weighted by Crippen LogP contribution is 2.22. The molecule has 0 radical (unpaired) electrons. The Morgan fingerprint density at radius 3 is 2.93 bits per heavy atom. The third-order valence-electron chi connectivity index (χ3n) is 1.83. The zero-order chi connectivity index (χ0) is 10.4. The molecule has 1 aromatic rings. The van der Waals surface area contributed by atoms with Crippen LogP contribution in [0.5, 0.6) is 0 Å². The van der Waals surface area contributed by atoms with Crippen LogP contribution >= 0.6 is 15.9 Å². The van der Waals surface area contributed by atoms with E-state index in [0.29, 0.717) is 0 Å². The molecule has 0 aliphatic rings. The van der Waals surface area contributed by atoms with Gasteiger partial charge in [0, 0.05) is 16.7 Å². The Bertz CT molecular complexity index is 312. The summed E-state index contributed by atoms with van der Waals surface area (Å²) < 4.78 is 13.5. The lowest BCUT2D eigenvalue weighted by Gasteiger charge is -2.07. The summed E-state index contributed by atoms with van der Waals surface area (Å²) in [5, 5.41) is 3.21. The van der Waals surface area contributed by atoms with Crippen molar-refractivity contribution in [2.75, 3.05) is 11.9 Å². The van der Waals surface area contributed by atoms with Crippen LogP contribution in [-0.2, 0) is 0 Å². The first-order chi connectivity index (χ1) is 6.74. The number of benzene rings is 1. The number of allylic oxidation sites excluding steroid dienone is 1. The van der Waals surface area contributed by atoms with Crippen molar-refractivity contribution in [3.05, 3.63) is 41.1 Å². The quantitative estimate of drug-likeness (QED) is 0.622. The first kappa shape index (κ1) is 11.2. The molecule has 0 aromatic heterocycles. The van der Waals surface area contributed by atoms with E-state index in [1.54, 1.807) is 6.07 Å². The molecule has 0 spiro atoms.